The third kappa shape index (κ3) is 2.60. The SMILES string of the molecule is CCNC(=O)c1ccc(CC#N)cc1. The second-order valence-corrected chi connectivity index (χ2v) is 2.89. The molecule has 1 aromatic carbocycles. The smallest absolute Gasteiger partial charge is 0.251 e. The number of amides is 1. The van der Waals surface area contributed by atoms with Crippen LogP contribution in [0.2, 0.25) is 0 Å². The van der Waals surface area contributed by atoms with Gasteiger partial charge in [-0.15, -0.1) is 0 Å². The van der Waals surface area contributed by atoms with Gasteiger partial charge in [0, 0.05) is 12.1 Å². The maximum Gasteiger partial charge on any atom is 0.251 e. The van der Waals surface area contributed by atoms with E-state index >= 15 is 0 Å². The Morgan fingerprint density at radius 1 is 1.43 bits per heavy atom. The highest BCUT2D eigenvalue weighted by atomic mass is 16.1. The van der Waals surface area contributed by atoms with E-state index in [9.17, 15) is 4.79 Å². The molecule has 1 aromatic rings. The normalized spacial score (nSPS) is 9.14. The van der Waals surface area contributed by atoms with Crippen LogP contribution in [0.25, 0.3) is 0 Å². The van der Waals surface area contributed by atoms with Gasteiger partial charge in [0.05, 0.1) is 12.5 Å². The number of hydrogen-bond acceptors (Lipinski definition) is 2. The average molecular weight is 188 g/mol. The largest absolute Gasteiger partial charge is 0.352 e. The molecule has 0 saturated heterocycles. The third-order valence-corrected chi connectivity index (χ3v) is 1.84. The Hall–Kier alpha value is -1.82. The van der Waals surface area contributed by atoms with Crippen LogP contribution in [0, 0.1) is 11.3 Å². The third-order valence-electron chi connectivity index (χ3n) is 1.84. The number of carbonyl (C=O) groups is 1. The van der Waals surface area contributed by atoms with Gasteiger partial charge in [-0.05, 0) is 24.6 Å². The van der Waals surface area contributed by atoms with Gasteiger partial charge in [0.1, 0.15) is 0 Å². The van der Waals surface area contributed by atoms with Crippen molar-refractivity contribution in [2.45, 2.75) is 13.3 Å². The van der Waals surface area contributed by atoms with Gasteiger partial charge < -0.3 is 5.32 Å². The van der Waals surface area contributed by atoms with Crippen LogP contribution in [-0.4, -0.2) is 12.5 Å². The number of benzene rings is 1. The fourth-order valence-corrected chi connectivity index (χ4v) is 1.13. The number of nitrogens with one attached hydrogen (secondary N) is 1. The van der Waals surface area contributed by atoms with Crippen LogP contribution >= 0.6 is 0 Å². The first-order valence-electron chi connectivity index (χ1n) is 4.52. The zero-order valence-electron chi connectivity index (χ0n) is 8.08. The molecule has 0 heterocycles. The first-order valence-corrected chi connectivity index (χ1v) is 4.52. The summed E-state index contributed by atoms with van der Waals surface area (Å²) in [5, 5.41) is 11.2. The van der Waals surface area contributed by atoms with Gasteiger partial charge in [-0.2, -0.15) is 5.26 Å². The second-order valence-electron chi connectivity index (χ2n) is 2.89. The Labute approximate surface area is 83.4 Å². The summed E-state index contributed by atoms with van der Waals surface area (Å²) >= 11 is 0. The van der Waals surface area contributed by atoms with E-state index in [0.29, 0.717) is 18.5 Å². The molecule has 0 bridgehead atoms. The Kier molecular flexibility index (Phi) is 3.69. The molecular formula is C11H12N2O. The highest BCUT2D eigenvalue weighted by Crippen LogP contribution is 2.04. The molecule has 14 heavy (non-hydrogen) atoms. The summed E-state index contributed by atoms with van der Waals surface area (Å²) in [5.74, 6) is -0.0731. The molecule has 1 rings (SSSR count). The molecule has 0 atom stereocenters. The van der Waals surface area contributed by atoms with Crippen LogP contribution in [0.3, 0.4) is 0 Å². The first-order chi connectivity index (χ1) is 6.77. The maximum atomic E-state index is 11.3. The van der Waals surface area contributed by atoms with Gasteiger partial charge in [-0.25, -0.2) is 0 Å². The summed E-state index contributed by atoms with van der Waals surface area (Å²) in [6.07, 6.45) is 0.385. The molecule has 72 valence electrons. The van der Waals surface area contributed by atoms with Gasteiger partial charge >= 0.3 is 0 Å². The Balaban J connectivity index is 2.73. The van der Waals surface area contributed by atoms with Crippen molar-refractivity contribution in [3.63, 3.8) is 0 Å². The number of carbonyl (C=O) groups excluding carboxylic acids is 1. The van der Waals surface area contributed by atoms with Crippen LogP contribution in [0.5, 0.6) is 0 Å². The summed E-state index contributed by atoms with van der Waals surface area (Å²) in [4.78, 5) is 11.3. The lowest BCUT2D eigenvalue weighted by atomic mass is 10.1. The molecule has 1 amide bonds. The summed E-state index contributed by atoms with van der Waals surface area (Å²) < 4.78 is 0. The van der Waals surface area contributed by atoms with Crippen LogP contribution in [0.15, 0.2) is 24.3 Å². The predicted octanol–water partition coefficient (Wildman–Crippen LogP) is 1.50. The van der Waals surface area contributed by atoms with Crippen molar-refractivity contribution >= 4 is 5.91 Å². The van der Waals surface area contributed by atoms with Gasteiger partial charge in [-0.1, -0.05) is 12.1 Å². The van der Waals surface area contributed by atoms with E-state index in [4.69, 9.17) is 5.26 Å². The van der Waals surface area contributed by atoms with E-state index in [1.807, 2.05) is 6.92 Å². The van der Waals surface area contributed by atoms with Crippen LogP contribution in [0.4, 0.5) is 0 Å². The van der Waals surface area contributed by atoms with E-state index in [-0.39, 0.29) is 5.91 Å². The van der Waals surface area contributed by atoms with Crippen molar-refractivity contribution in [1.82, 2.24) is 5.32 Å². The van der Waals surface area contributed by atoms with E-state index < -0.39 is 0 Å². The van der Waals surface area contributed by atoms with Crippen LogP contribution < -0.4 is 5.32 Å². The monoisotopic (exact) mass is 188 g/mol. The molecule has 3 heteroatoms. The van der Waals surface area contributed by atoms with Crippen LogP contribution in [0.1, 0.15) is 22.8 Å². The molecule has 0 aliphatic carbocycles. The molecule has 1 N–H and O–H groups in total. The van der Waals surface area contributed by atoms with Crippen molar-refractivity contribution < 1.29 is 4.79 Å². The lowest BCUT2D eigenvalue weighted by Gasteiger charge is -2.02. The highest BCUT2D eigenvalue weighted by molar-refractivity contribution is 5.94. The molecule has 0 aliphatic heterocycles. The predicted molar refractivity (Wildman–Crippen MR) is 53.8 cm³/mol. The molecule has 0 fully saturated rings. The molecule has 3 nitrogen and oxygen atoms in total. The van der Waals surface area contributed by atoms with Gasteiger partial charge in [0.2, 0.25) is 0 Å². The zero-order chi connectivity index (χ0) is 10.4. The van der Waals surface area contributed by atoms with Gasteiger partial charge in [0.25, 0.3) is 5.91 Å². The molecule has 0 unspecified atom stereocenters. The Morgan fingerprint density at radius 2 is 2.07 bits per heavy atom. The molecule has 0 saturated carbocycles. The zero-order valence-corrected chi connectivity index (χ0v) is 8.08. The lowest BCUT2D eigenvalue weighted by Crippen LogP contribution is -2.22. The minimum absolute atomic E-state index is 0.0731. The number of hydrogen-bond donors (Lipinski definition) is 1. The summed E-state index contributed by atoms with van der Waals surface area (Å²) in [5.41, 5.74) is 1.56. The van der Waals surface area contributed by atoms with E-state index in [1.165, 1.54) is 0 Å². The quantitative estimate of drug-likeness (QED) is 0.781. The summed E-state index contributed by atoms with van der Waals surface area (Å²) in [6, 6.07) is 9.12. The molecule has 0 aliphatic rings. The number of nitriles is 1. The van der Waals surface area contributed by atoms with Crippen molar-refractivity contribution in [2.24, 2.45) is 0 Å². The van der Waals surface area contributed by atoms with E-state index in [1.54, 1.807) is 24.3 Å². The van der Waals surface area contributed by atoms with E-state index in [2.05, 4.69) is 11.4 Å². The average Bonchev–Trinajstić information content (AvgIpc) is 2.20. The van der Waals surface area contributed by atoms with Crippen molar-refractivity contribution in [1.29, 1.82) is 5.26 Å². The van der Waals surface area contributed by atoms with Gasteiger partial charge in [0.15, 0.2) is 0 Å². The minimum atomic E-state index is -0.0731. The topological polar surface area (TPSA) is 52.9 Å². The second kappa shape index (κ2) is 5.03. The minimum Gasteiger partial charge on any atom is -0.352 e. The molecule has 0 radical (unpaired) electrons. The van der Waals surface area contributed by atoms with Crippen LogP contribution in [-0.2, 0) is 6.42 Å². The number of nitrogens with zero attached hydrogens (tertiary/aromatic N) is 1. The molecular weight excluding hydrogens is 176 g/mol. The Morgan fingerprint density at radius 3 is 2.57 bits per heavy atom. The Bertz CT molecular complexity index is 349. The van der Waals surface area contributed by atoms with Crippen molar-refractivity contribution in [3.05, 3.63) is 35.4 Å². The number of rotatable bonds is 3. The van der Waals surface area contributed by atoms with E-state index in [0.717, 1.165) is 5.56 Å². The van der Waals surface area contributed by atoms with Crippen molar-refractivity contribution in [3.8, 4) is 6.07 Å². The standard InChI is InChI=1S/C11H12N2O/c1-2-13-11(14)10-5-3-9(4-6-10)7-8-12/h3-6H,2,7H2,1H3,(H,13,14). The highest BCUT2D eigenvalue weighted by Gasteiger charge is 2.02. The summed E-state index contributed by atoms with van der Waals surface area (Å²) in [6.45, 7) is 2.50. The van der Waals surface area contributed by atoms with Crippen molar-refractivity contribution in [2.75, 3.05) is 6.54 Å². The maximum absolute atomic E-state index is 11.3. The lowest BCUT2D eigenvalue weighted by molar-refractivity contribution is 0.0956. The fourth-order valence-electron chi connectivity index (χ4n) is 1.13. The molecule has 0 aromatic heterocycles. The van der Waals surface area contributed by atoms with Gasteiger partial charge in [-0.3, -0.25) is 4.79 Å². The summed E-state index contributed by atoms with van der Waals surface area (Å²) in [7, 11) is 0. The first kappa shape index (κ1) is 10.3. The molecule has 0 spiro atoms. The fraction of sp³-hybridized carbons (Fsp3) is 0.273.